The summed E-state index contributed by atoms with van der Waals surface area (Å²) in [6.45, 7) is 0. The van der Waals surface area contributed by atoms with E-state index in [1.165, 1.54) is 44.1 Å². The molecule has 0 aliphatic heterocycles. The third kappa shape index (κ3) is 2.47. The molecule has 2 N–H and O–H groups in total. The van der Waals surface area contributed by atoms with E-state index in [0.29, 0.717) is 11.5 Å². The Bertz CT molecular complexity index is 486. The summed E-state index contributed by atoms with van der Waals surface area (Å²) in [7, 11) is 1.73. The Labute approximate surface area is 133 Å². The van der Waals surface area contributed by atoms with Crippen molar-refractivity contribution in [1.82, 2.24) is 0 Å². The largest absolute Gasteiger partial charge is 0.497 e. The van der Waals surface area contributed by atoms with Crippen LogP contribution in [0.3, 0.4) is 0 Å². The Kier molecular flexibility index (Phi) is 3.96. The minimum absolute atomic E-state index is 0. The van der Waals surface area contributed by atoms with Gasteiger partial charge >= 0.3 is 0 Å². The molecule has 3 unspecified atom stereocenters. The average Bonchev–Trinajstić information content (AvgIpc) is 2.44. The Morgan fingerprint density at radius 1 is 1.10 bits per heavy atom. The molecule has 21 heavy (non-hydrogen) atoms. The monoisotopic (exact) mass is 307 g/mol. The fourth-order valence-corrected chi connectivity index (χ4v) is 5.66. The average molecular weight is 308 g/mol. The lowest BCUT2D eigenvalue weighted by atomic mass is 9.46. The third-order valence-corrected chi connectivity index (χ3v) is 6.26. The fraction of sp³-hybridized carbons (Fsp3) is 0.667. The first-order chi connectivity index (χ1) is 9.68. The van der Waals surface area contributed by atoms with E-state index < -0.39 is 0 Å². The van der Waals surface area contributed by atoms with E-state index in [0.717, 1.165) is 23.5 Å². The lowest BCUT2D eigenvalue weighted by Gasteiger charge is -2.60. The molecule has 4 fully saturated rings. The summed E-state index contributed by atoms with van der Waals surface area (Å²) < 4.78 is 5.26. The highest BCUT2D eigenvalue weighted by Gasteiger charge is 2.55. The zero-order valence-corrected chi connectivity index (χ0v) is 13.6. The highest BCUT2D eigenvalue weighted by molar-refractivity contribution is 5.85. The van der Waals surface area contributed by atoms with Crippen LogP contribution in [-0.4, -0.2) is 13.2 Å². The minimum atomic E-state index is 0. The number of benzene rings is 1. The maximum atomic E-state index is 6.68. The van der Waals surface area contributed by atoms with Crippen molar-refractivity contribution in [1.29, 1.82) is 0 Å². The summed E-state index contributed by atoms with van der Waals surface area (Å²) in [5.74, 6) is 3.68. The number of methoxy groups -OCH3 is 1. The number of halogens is 1. The van der Waals surface area contributed by atoms with Crippen LogP contribution in [0, 0.1) is 23.2 Å². The normalized spacial score (nSPS) is 39.9. The predicted molar refractivity (Wildman–Crippen MR) is 87.9 cm³/mol. The smallest absolute Gasteiger partial charge is 0.118 e. The summed E-state index contributed by atoms with van der Waals surface area (Å²) >= 11 is 0. The Morgan fingerprint density at radius 3 is 2.29 bits per heavy atom. The van der Waals surface area contributed by atoms with Crippen LogP contribution in [0.2, 0.25) is 0 Å². The first kappa shape index (κ1) is 15.2. The van der Waals surface area contributed by atoms with Crippen molar-refractivity contribution in [3.63, 3.8) is 0 Å². The van der Waals surface area contributed by atoms with E-state index >= 15 is 0 Å². The Balaban J connectivity index is 0.00000132. The quantitative estimate of drug-likeness (QED) is 0.921. The fourth-order valence-electron chi connectivity index (χ4n) is 5.66. The molecular weight excluding hydrogens is 282 g/mol. The van der Waals surface area contributed by atoms with Crippen molar-refractivity contribution in [2.45, 2.75) is 44.6 Å². The maximum Gasteiger partial charge on any atom is 0.118 e. The van der Waals surface area contributed by atoms with Gasteiger partial charge in [-0.05, 0) is 79.4 Å². The molecule has 1 aromatic rings. The van der Waals surface area contributed by atoms with Gasteiger partial charge in [0.1, 0.15) is 5.75 Å². The molecule has 4 aliphatic carbocycles. The zero-order valence-electron chi connectivity index (χ0n) is 12.8. The predicted octanol–water partition coefficient (Wildman–Crippen LogP) is 3.81. The standard InChI is InChI=1S/C18H25NO.ClH/c1-20-16-4-2-12(3-5-16)9-18-10-13-6-14(11-18)8-15(7-13)17(18)19;/h2-5,13-15,17H,6-11,19H2,1H3;1H. The van der Waals surface area contributed by atoms with Gasteiger partial charge in [0.25, 0.3) is 0 Å². The third-order valence-electron chi connectivity index (χ3n) is 6.26. The van der Waals surface area contributed by atoms with Crippen LogP contribution in [0.1, 0.15) is 37.7 Å². The van der Waals surface area contributed by atoms with Crippen LogP contribution >= 0.6 is 12.4 Å². The lowest BCUT2D eigenvalue weighted by molar-refractivity contribution is -0.0714. The molecule has 0 radical (unpaired) electrons. The van der Waals surface area contributed by atoms with Crippen LogP contribution in [0.5, 0.6) is 5.75 Å². The highest BCUT2D eigenvalue weighted by Crippen LogP contribution is 2.60. The Hall–Kier alpha value is -0.730. The maximum absolute atomic E-state index is 6.68. The van der Waals surface area contributed by atoms with Crippen LogP contribution in [-0.2, 0) is 6.42 Å². The molecule has 3 atom stereocenters. The molecule has 0 heterocycles. The van der Waals surface area contributed by atoms with Gasteiger partial charge in [-0.2, -0.15) is 0 Å². The van der Waals surface area contributed by atoms with E-state index in [1.54, 1.807) is 7.11 Å². The van der Waals surface area contributed by atoms with E-state index in [4.69, 9.17) is 10.5 Å². The van der Waals surface area contributed by atoms with Crippen molar-refractivity contribution in [3.8, 4) is 5.75 Å². The molecular formula is C18H26ClNO. The minimum Gasteiger partial charge on any atom is -0.497 e. The van der Waals surface area contributed by atoms with Crippen molar-refractivity contribution in [3.05, 3.63) is 29.8 Å². The van der Waals surface area contributed by atoms with Crippen molar-refractivity contribution in [2.75, 3.05) is 7.11 Å². The first-order valence-electron chi connectivity index (χ1n) is 8.07. The molecule has 1 aromatic carbocycles. The number of ether oxygens (including phenoxy) is 1. The zero-order chi connectivity index (χ0) is 13.7. The van der Waals surface area contributed by atoms with Crippen LogP contribution in [0.25, 0.3) is 0 Å². The highest BCUT2D eigenvalue weighted by atomic mass is 35.5. The molecule has 4 aliphatic rings. The van der Waals surface area contributed by atoms with Gasteiger partial charge in [0.15, 0.2) is 0 Å². The first-order valence-corrected chi connectivity index (χ1v) is 8.07. The van der Waals surface area contributed by atoms with Gasteiger partial charge in [-0.25, -0.2) is 0 Å². The van der Waals surface area contributed by atoms with E-state index in [9.17, 15) is 0 Å². The van der Waals surface area contributed by atoms with Crippen LogP contribution in [0.15, 0.2) is 24.3 Å². The SMILES string of the molecule is COc1ccc(CC23CC4CC(CC(C4)C2N)C3)cc1.Cl. The molecule has 0 saturated heterocycles. The van der Waals surface area contributed by atoms with Crippen molar-refractivity contribution >= 4 is 12.4 Å². The molecule has 0 amide bonds. The second-order valence-electron chi connectivity index (χ2n) is 7.52. The number of hydrogen-bond acceptors (Lipinski definition) is 2. The number of rotatable bonds is 3. The van der Waals surface area contributed by atoms with Crippen molar-refractivity contribution in [2.24, 2.45) is 28.9 Å². The van der Waals surface area contributed by atoms with Gasteiger partial charge in [0.05, 0.1) is 7.11 Å². The topological polar surface area (TPSA) is 35.2 Å². The molecule has 0 aromatic heterocycles. The summed E-state index contributed by atoms with van der Waals surface area (Å²) in [5.41, 5.74) is 8.51. The van der Waals surface area contributed by atoms with Crippen LogP contribution < -0.4 is 10.5 Å². The van der Waals surface area contributed by atoms with E-state index in [2.05, 4.69) is 24.3 Å². The number of nitrogens with two attached hydrogens (primary N) is 1. The molecule has 3 heteroatoms. The summed E-state index contributed by atoms with van der Waals surface area (Å²) in [6.07, 6.45) is 8.19. The molecule has 116 valence electrons. The van der Waals surface area contributed by atoms with E-state index in [1.807, 2.05) is 0 Å². The second kappa shape index (κ2) is 5.48. The summed E-state index contributed by atoms with van der Waals surface area (Å²) in [4.78, 5) is 0. The molecule has 4 saturated carbocycles. The van der Waals surface area contributed by atoms with Gasteiger partial charge in [0, 0.05) is 6.04 Å². The van der Waals surface area contributed by atoms with Crippen LogP contribution in [0.4, 0.5) is 0 Å². The molecule has 2 nitrogen and oxygen atoms in total. The molecule has 4 bridgehead atoms. The van der Waals surface area contributed by atoms with Gasteiger partial charge in [-0.3, -0.25) is 0 Å². The summed E-state index contributed by atoms with van der Waals surface area (Å²) in [5, 5.41) is 0. The van der Waals surface area contributed by atoms with E-state index in [-0.39, 0.29) is 12.4 Å². The van der Waals surface area contributed by atoms with Crippen molar-refractivity contribution < 1.29 is 4.74 Å². The number of hydrogen-bond donors (Lipinski definition) is 1. The van der Waals surface area contributed by atoms with Gasteiger partial charge in [-0.1, -0.05) is 12.1 Å². The van der Waals surface area contributed by atoms with Gasteiger partial charge in [0.2, 0.25) is 0 Å². The van der Waals surface area contributed by atoms with Gasteiger partial charge in [-0.15, -0.1) is 12.4 Å². The lowest BCUT2D eigenvalue weighted by Crippen LogP contribution is -2.60. The Morgan fingerprint density at radius 2 is 1.71 bits per heavy atom. The molecule has 5 rings (SSSR count). The molecule has 0 spiro atoms. The second-order valence-corrected chi connectivity index (χ2v) is 7.52. The van der Waals surface area contributed by atoms with Gasteiger partial charge < -0.3 is 10.5 Å². The summed E-state index contributed by atoms with van der Waals surface area (Å²) in [6, 6.07) is 9.05.